The van der Waals surface area contributed by atoms with Crippen LogP contribution in [0.15, 0.2) is 34.5 Å². The highest BCUT2D eigenvalue weighted by Gasteiger charge is 2.43. The first-order chi connectivity index (χ1) is 16.4. The summed E-state index contributed by atoms with van der Waals surface area (Å²) in [7, 11) is -3.68. The van der Waals surface area contributed by atoms with Gasteiger partial charge in [-0.3, -0.25) is 4.79 Å². The first kappa shape index (κ1) is 30.0. The molecule has 0 aromatic heterocycles. The molecule has 1 N–H and O–H groups in total. The molecule has 1 aromatic rings. The van der Waals surface area contributed by atoms with E-state index < -0.39 is 32.7 Å². The Morgan fingerprint density at radius 3 is 1.89 bits per heavy atom. The summed E-state index contributed by atoms with van der Waals surface area (Å²) in [6.07, 6.45) is 4.51. The normalized spacial score (nSPS) is 15.5. The lowest BCUT2D eigenvalue weighted by Crippen LogP contribution is -2.43. The summed E-state index contributed by atoms with van der Waals surface area (Å²) in [5, 5.41) is 15.1. The van der Waals surface area contributed by atoms with Gasteiger partial charge in [-0.25, -0.2) is 18.0 Å². The highest BCUT2D eigenvalue weighted by Crippen LogP contribution is 2.26. The molecule has 1 unspecified atom stereocenters. The van der Waals surface area contributed by atoms with Crippen molar-refractivity contribution in [2.45, 2.75) is 70.1 Å². The van der Waals surface area contributed by atoms with E-state index in [0.717, 1.165) is 30.4 Å². The zero-order valence-corrected chi connectivity index (χ0v) is 21.4. The molecule has 196 valence electrons. The van der Waals surface area contributed by atoms with Crippen LogP contribution >= 0.6 is 0 Å². The number of carbonyl (C=O) groups is 3. The molecule has 0 bridgehead atoms. The van der Waals surface area contributed by atoms with Crippen molar-refractivity contribution >= 4 is 28.0 Å². The number of benzene rings is 1. The molecule has 2 amide bonds. The fourth-order valence-corrected chi connectivity index (χ4v) is 3.94. The number of hydrogen-bond acceptors (Lipinski definition) is 8. The van der Waals surface area contributed by atoms with Gasteiger partial charge in [-0.05, 0) is 77.0 Å². The van der Waals surface area contributed by atoms with Gasteiger partial charge in [0.2, 0.25) is 0 Å². The van der Waals surface area contributed by atoms with E-state index in [2.05, 4.69) is 19.7 Å². The average Bonchev–Trinajstić information content (AvgIpc) is 3.30. The average molecular weight is 515 g/mol. The third kappa shape index (κ3) is 10.4. The third-order valence-electron chi connectivity index (χ3n) is 5.44. The van der Waals surface area contributed by atoms with E-state index >= 15 is 0 Å². The van der Waals surface area contributed by atoms with Gasteiger partial charge in [0.05, 0.1) is 19.3 Å². The minimum Gasteiger partial charge on any atom is -0.490 e. The van der Waals surface area contributed by atoms with Crippen molar-refractivity contribution in [3.05, 3.63) is 29.8 Å². The topological polar surface area (TPSA) is 158 Å². The van der Waals surface area contributed by atoms with E-state index in [9.17, 15) is 27.9 Å². The molecule has 35 heavy (non-hydrogen) atoms. The zero-order chi connectivity index (χ0) is 26.5. The lowest BCUT2D eigenvalue weighted by Gasteiger charge is -2.22. The van der Waals surface area contributed by atoms with Gasteiger partial charge in [0.25, 0.3) is 0 Å². The first-order valence-corrected chi connectivity index (χ1v) is 13.3. The van der Waals surface area contributed by atoms with Crippen LogP contribution in [0.1, 0.15) is 58.4 Å². The van der Waals surface area contributed by atoms with Crippen LogP contribution in [-0.4, -0.2) is 62.0 Å². The molecule has 0 aliphatic heterocycles. The van der Waals surface area contributed by atoms with Gasteiger partial charge >= 0.3 is 18.2 Å². The Morgan fingerprint density at radius 2 is 1.49 bits per heavy atom. The molecule has 2 rings (SSSR count). The molecular formula is C23H34N2O9S. The molecule has 1 aliphatic carbocycles. The fraction of sp³-hybridized carbons (Fsp3) is 0.609. The van der Waals surface area contributed by atoms with E-state index in [0.29, 0.717) is 12.5 Å². The summed E-state index contributed by atoms with van der Waals surface area (Å²) in [5.41, 5.74) is 0.903. The minimum atomic E-state index is -3.68. The smallest absolute Gasteiger partial charge is 0.452 e. The van der Waals surface area contributed by atoms with Crippen molar-refractivity contribution in [2.75, 3.05) is 19.5 Å². The van der Waals surface area contributed by atoms with E-state index in [1.165, 1.54) is 19.8 Å². The molecule has 0 saturated heterocycles. The maximum Gasteiger partial charge on any atom is 0.452 e. The maximum absolute atomic E-state index is 11.8. The molecule has 1 aromatic carbocycles. The zero-order valence-electron chi connectivity index (χ0n) is 20.6. The standard InChI is InChI=1S/C17H24O5S.C6H10N2O4/c1-17(16(18)19,23(2,20)21)12-11-13-7-9-15(10-8-13)22-14-5-3-4-6-14;1-3-11-5(9)7-8-6(10)12-4-2/h7-10,14H,3-6,11-12H2,1-2H3,(H,18,19);3-4H2,1-2H3. The number of hydrogen-bond donors (Lipinski definition) is 1. The number of carbonyl (C=O) groups excluding carboxylic acids is 2. The second-order valence-electron chi connectivity index (χ2n) is 8.07. The van der Waals surface area contributed by atoms with E-state index in [1.54, 1.807) is 13.8 Å². The first-order valence-electron chi connectivity index (χ1n) is 11.4. The van der Waals surface area contributed by atoms with Crippen LogP contribution in [0.5, 0.6) is 5.75 Å². The lowest BCUT2D eigenvalue weighted by atomic mass is 10.0. The van der Waals surface area contributed by atoms with Crippen molar-refractivity contribution in [3.8, 4) is 5.75 Å². The number of carboxylic acids is 1. The predicted molar refractivity (Wildman–Crippen MR) is 127 cm³/mol. The molecule has 0 spiro atoms. The number of sulfone groups is 1. The number of carboxylic acid groups (broad SMARTS) is 1. The largest absolute Gasteiger partial charge is 0.490 e. The molecule has 12 heteroatoms. The van der Waals surface area contributed by atoms with Crippen molar-refractivity contribution in [1.82, 2.24) is 0 Å². The van der Waals surface area contributed by atoms with Crippen LogP contribution in [0.25, 0.3) is 0 Å². The monoisotopic (exact) mass is 514 g/mol. The Kier molecular flexibility index (Phi) is 12.3. The SMILES string of the molecule is CC(CCc1ccc(OC2CCCC2)cc1)(C(=O)O)S(C)(=O)=O.CCOC(=O)N=NC(=O)OCC. The third-order valence-corrected chi connectivity index (χ3v) is 7.45. The fourth-order valence-electron chi connectivity index (χ4n) is 3.15. The van der Waals surface area contributed by atoms with Crippen molar-refractivity contribution in [2.24, 2.45) is 10.2 Å². The summed E-state index contributed by atoms with van der Waals surface area (Å²) in [5.74, 6) is -0.494. The predicted octanol–water partition coefficient (Wildman–Crippen LogP) is 4.58. The number of rotatable bonds is 9. The van der Waals surface area contributed by atoms with E-state index in [1.807, 2.05) is 24.3 Å². The molecule has 0 heterocycles. The highest BCUT2D eigenvalue weighted by atomic mass is 32.2. The Morgan fingerprint density at radius 1 is 1.00 bits per heavy atom. The lowest BCUT2D eigenvalue weighted by molar-refractivity contribution is -0.139. The Balaban J connectivity index is 0.000000434. The molecule has 1 saturated carbocycles. The number of nitrogens with zero attached hydrogens (tertiary/aromatic N) is 2. The molecule has 1 atom stereocenters. The van der Waals surface area contributed by atoms with Gasteiger partial charge in [-0.1, -0.05) is 22.4 Å². The summed E-state index contributed by atoms with van der Waals surface area (Å²) in [6.45, 7) is 4.90. The van der Waals surface area contributed by atoms with Gasteiger partial charge < -0.3 is 19.3 Å². The summed E-state index contributed by atoms with van der Waals surface area (Å²) in [6, 6.07) is 7.47. The Hall–Kier alpha value is -3.02. The number of azo groups is 1. The van der Waals surface area contributed by atoms with Crippen molar-refractivity contribution in [1.29, 1.82) is 0 Å². The molecule has 1 aliphatic rings. The number of aryl methyl sites for hydroxylation is 1. The van der Waals surface area contributed by atoms with Crippen LogP contribution in [0, 0.1) is 0 Å². The van der Waals surface area contributed by atoms with Gasteiger partial charge in [0.15, 0.2) is 14.6 Å². The quantitative estimate of drug-likeness (QED) is 0.465. The summed E-state index contributed by atoms with van der Waals surface area (Å²) < 4.78 is 36.4. The second-order valence-corrected chi connectivity index (χ2v) is 10.5. The number of aliphatic carboxylic acids is 1. The highest BCUT2D eigenvalue weighted by molar-refractivity contribution is 7.92. The van der Waals surface area contributed by atoms with E-state index in [-0.39, 0.29) is 19.6 Å². The summed E-state index contributed by atoms with van der Waals surface area (Å²) in [4.78, 5) is 32.3. The summed E-state index contributed by atoms with van der Waals surface area (Å²) >= 11 is 0. The molecule has 11 nitrogen and oxygen atoms in total. The van der Waals surface area contributed by atoms with Crippen LogP contribution in [0.4, 0.5) is 9.59 Å². The number of ether oxygens (including phenoxy) is 3. The Bertz CT molecular complexity index is 951. The molecule has 1 fully saturated rings. The van der Waals surface area contributed by atoms with Gasteiger partial charge in [-0.2, -0.15) is 0 Å². The van der Waals surface area contributed by atoms with Gasteiger partial charge in [-0.15, -0.1) is 0 Å². The van der Waals surface area contributed by atoms with E-state index in [4.69, 9.17) is 4.74 Å². The minimum absolute atomic E-state index is 0.0456. The molecule has 0 radical (unpaired) electrons. The van der Waals surface area contributed by atoms with Crippen LogP contribution in [0.2, 0.25) is 0 Å². The van der Waals surface area contributed by atoms with Gasteiger partial charge in [0.1, 0.15) is 5.75 Å². The van der Waals surface area contributed by atoms with Crippen molar-refractivity contribution < 1.29 is 42.1 Å². The van der Waals surface area contributed by atoms with Crippen LogP contribution < -0.4 is 4.74 Å². The van der Waals surface area contributed by atoms with Crippen LogP contribution in [-0.2, 0) is 30.5 Å². The number of amides is 2. The maximum atomic E-state index is 11.8. The second kappa shape index (κ2) is 14.4. The van der Waals surface area contributed by atoms with Gasteiger partial charge in [0, 0.05) is 6.26 Å². The van der Waals surface area contributed by atoms with Crippen molar-refractivity contribution in [3.63, 3.8) is 0 Å². The van der Waals surface area contributed by atoms with Crippen LogP contribution in [0.3, 0.4) is 0 Å². The molecular weight excluding hydrogens is 480 g/mol. The Labute approximate surface area is 205 Å².